The van der Waals surface area contributed by atoms with Gasteiger partial charge in [-0.25, -0.2) is 4.39 Å². The molecule has 0 aromatic heterocycles. The van der Waals surface area contributed by atoms with Crippen molar-refractivity contribution in [2.24, 2.45) is 5.92 Å². The molecule has 3 unspecified atom stereocenters. The van der Waals surface area contributed by atoms with Crippen molar-refractivity contribution in [2.75, 3.05) is 18.0 Å². The lowest BCUT2D eigenvalue weighted by Crippen LogP contribution is -2.53. The third kappa shape index (κ3) is 2.67. The number of anilines is 1. The van der Waals surface area contributed by atoms with Crippen molar-refractivity contribution in [1.29, 1.82) is 0 Å². The summed E-state index contributed by atoms with van der Waals surface area (Å²) in [6.45, 7) is 3.07. The number of hydrogen-bond donors (Lipinski definition) is 2. The molecular formula is C17H24FNO2. The smallest absolute Gasteiger partial charge is 0.131 e. The maximum absolute atomic E-state index is 14.0. The van der Waals surface area contributed by atoms with Crippen LogP contribution in [0.2, 0.25) is 0 Å². The molecule has 3 atom stereocenters. The molecule has 116 valence electrons. The first-order valence-electron chi connectivity index (χ1n) is 7.95. The van der Waals surface area contributed by atoms with Crippen LogP contribution in [0, 0.1) is 11.7 Å². The van der Waals surface area contributed by atoms with Crippen LogP contribution >= 0.6 is 0 Å². The second kappa shape index (κ2) is 5.58. The molecular weight excluding hydrogens is 269 g/mol. The molecule has 2 aliphatic rings. The van der Waals surface area contributed by atoms with Crippen molar-refractivity contribution in [3.63, 3.8) is 0 Å². The molecule has 1 aromatic rings. The maximum atomic E-state index is 14.0. The fourth-order valence-corrected chi connectivity index (χ4v) is 4.00. The Labute approximate surface area is 125 Å². The summed E-state index contributed by atoms with van der Waals surface area (Å²) >= 11 is 0. The van der Waals surface area contributed by atoms with Crippen molar-refractivity contribution < 1.29 is 14.6 Å². The second-order valence-electron chi connectivity index (χ2n) is 6.59. The summed E-state index contributed by atoms with van der Waals surface area (Å²) < 4.78 is 14.0. The molecule has 1 saturated carbocycles. The molecule has 0 radical (unpaired) electrons. The summed E-state index contributed by atoms with van der Waals surface area (Å²) in [7, 11) is 0. The average molecular weight is 293 g/mol. The number of aliphatic hydroxyl groups excluding tert-OH is 1. The average Bonchev–Trinajstić information content (AvgIpc) is 2.45. The van der Waals surface area contributed by atoms with Crippen molar-refractivity contribution in [3.05, 3.63) is 29.6 Å². The van der Waals surface area contributed by atoms with E-state index in [2.05, 4.69) is 4.90 Å². The summed E-state index contributed by atoms with van der Waals surface area (Å²) in [4.78, 5) is 2.13. The van der Waals surface area contributed by atoms with E-state index in [1.165, 1.54) is 6.07 Å². The number of hydrogen-bond acceptors (Lipinski definition) is 3. The highest BCUT2D eigenvalue weighted by Gasteiger charge is 2.43. The Morgan fingerprint density at radius 2 is 2.14 bits per heavy atom. The van der Waals surface area contributed by atoms with Crippen LogP contribution in [0.5, 0.6) is 0 Å². The van der Waals surface area contributed by atoms with E-state index < -0.39 is 11.7 Å². The molecule has 1 aliphatic carbocycles. The molecule has 3 rings (SSSR count). The number of benzene rings is 1. The zero-order valence-electron chi connectivity index (χ0n) is 12.6. The molecule has 21 heavy (non-hydrogen) atoms. The molecule has 2 fully saturated rings. The zero-order valence-corrected chi connectivity index (χ0v) is 12.6. The molecule has 0 spiro atoms. The molecule has 3 nitrogen and oxygen atoms in total. The molecule has 2 N–H and O–H groups in total. The van der Waals surface area contributed by atoms with Crippen molar-refractivity contribution in [3.8, 4) is 0 Å². The van der Waals surface area contributed by atoms with Gasteiger partial charge in [0, 0.05) is 30.3 Å². The number of halogens is 1. The summed E-state index contributed by atoms with van der Waals surface area (Å²) in [5.41, 5.74) is 0.615. The fourth-order valence-electron chi connectivity index (χ4n) is 4.00. The third-order valence-corrected chi connectivity index (χ3v) is 5.22. The topological polar surface area (TPSA) is 43.7 Å². The van der Waals surface area contributed by atoms with E-state index in [-0.39, 0.29) is 11.7 Å². The van der Waals surface area contributed by atoms with Crippen LogP contribution in [0.3, 0.4) is 0 Å². The standard InChI is InChI=1S/C17H24FNO2/c1-12(20)16-14(18)6-4-7-15(16)19-10-9-17(21)8-3-2-5-13(17)11-19/h4,6-7,12-13,20-21H,2-3,5,8-11H2,1H3. The Balaban J connectivity index is 1.87. The van der Waals surface area contributed by atoms with Gasteiger partial charge in [-0.1, -0.05) is 18.9 Å². The normalized spacial score (nSPS) is 30.9. The van der Waals surface area contributed by atoms with Crippen molar-refractivity contribution in [1.82, 2.24) is 0 Å². The van der Waals surface area contributed by atoms with E-state index in [4.69, 9.17) is 0 Å². The first-order valence-corrected chi connectivity index (χ1v) is 7.95. The van der Waals surface area contributed by atoms with E-state index in [0.717, 1.165) is 50.9 Å². The molecule has 1 aromatic carbocycles. The largest absolute Gasteiger partial charge is 0.389 e. The Morgan fingerprint density at radius 3 is 2.90 bits per heavy atom. The Bertz CT molecular complexity index is 520. The first-order chi connectivity index (χ1) is 10.0. The molecule has 0 amide bonds. The van der Waals surface area contributed by atoms with E-state index in [9.17, 15) is 14.6 Å². The molecule has 1 heterocycles. The Hall–Kier alpha value is -1.13. The van der Waals surface area contributed by atoms with Gasteiger partial charge < -0.3 is 15.1 Å². The summed E-state index contributed by atoms with van der Waals surface area (Å²) in [6.07, 6.45) is 4.09. The van der Waals surface area contributed by atoms with Crippen LogP contribution in [0.25, 0.3) is 0 Å². The number of aliphatic hydroxyl groups is 2. The van der Waals surface area contributed by atoms with Crippen LogP contribution in [0.1, 0.15) is 50.7 Å². The molecule has 0 bridgehead atoms. The van der Waals surface area contributed by atoms with Crippen LogP contribution in [-0.4, -0.2) is 28.9 Å². The van der Waals surface area contributed by atoms with E-state index >= 15 is 0 Å². The molecule has 1 saturated heterocycles. The summed E-state index contributed by atoms with van der Waals surface area (Å²) in [6, 6.07) is 4.96. The highest BCUT2D eigenvalue weighted by atomic mass is 19.1. The predicted octanol–water partition coefficient (Wildman–Crippen LogP) is 3.01. The van der Waals surface area contributed by atoms with E-state index in [1.807, 2.05) is 6.07 Å². The van der Waals surface area contributed by atoms with Gasteiger partial charge in [-0.3, -0.25) is 0 Å². The second-order valence-corrected chi connectivity index (χ2v) is 6.59. The van der Waals surface area contributed by atoms with Gasteiger partial charge >= 0.3 is 0 Å². The number of fused-ring (bicyclic) bond motifs is 1. The number of piperidine rings is 1. The van der Waals surface area contributed by atoms with Gasteiger partial charge in [0.05, 0.1) is 11.7 Å². The predicted molar refractivity (Wildman–Crippen MR) is 80.8 cm³/mol. The maximum Gasteiger partial charge on any atom is 0.131 e. The minimum absolute atomic E-state index is 0.255. The molecule has 4 heteroatoms. The van der Waals surface area contributed by atoms with Gasteiger partial charge in [0.2, 0.25) is 0 Å². The van der Waals surface area contributed by atoms with Gasteiger partial charge in [0.15, 0.2) is 0 Å². The van der Waals surface area contributed by atoms with Gasteiger partial charge in [-0.15, -0.1) is 0 Å². The zero-order chi connectivity index (χ0) is 15.0. The van der Waals surface area contributed by atoms with E-state index in [0.29, 0.717) is 5.56 Å². The van der Waals surface area contributed by atoms with Crippen LogP contribution < -0.4 is 4.90 Å². The quantitative estimate of drug-likeness (QED) is 0.881. The SMILES string of the molecule is CC(O)c1c(F)cccc1N1CCC2(O)CCCCC2C1. The van der Waals surface area contributed by atoms with Crippen molar-refractivity contribution >= 4 is 5.69 Å². The highest BCUT2D eigenvalue weighted by molar-refractivity contribution is 5.55. The van der Waals surface area contributed by atoms with E-state index in [1.54, 1.807) is 13.0 Å². The third-order valence-electron chi connectivity index (χ3n) is 5.22. The first kappa shape index (κ1) is 14.8. The van der Waals surface area contributed by atoms with Gasteiger partial charge in [-0.2, -0.15) is 0 Å². The van der Waals surface area contributed by atoms with Crippen molar-refractivity contribution in [2.45, 2.75) is 50.7 Å². The van der Waals surface area contributed by atoms with Crippen LogP contribution in [-0.2, 0) is 0 Å². The Morgan fingerprint density at radius 1 is 1.33 bits per heavy atom. The minimum Gasteiger partial charge on any atom is -0.389 e. The van der Waals surface area contributed by atoms with Crippen LogP contribution in [0.4, 0.5) is 10.1 Å². The van der Waals surface area contributed by atoms with Gasteiger partial charge in [0.25, 0.3) is 0 Å². The lowest BCUT2D eigenvalue weighted by atomic mass is 9.71. The van der Waals surface area contributed by atoms with Crippen LogP contribution in [0.15, 0.2) is 18.2 Å². The van der Waals surface area contributed by atoms with Gasteiger partial charge in [-0.05, 0) is 38.3 Å². The highest BCUT2D eigenvalue weighted by Crippen LogP contribution is 2.42. The summed E-state index contributed by atoms with van der Waals surface area (Å²) in [5, 5.41) is 20.6. The monoisotopic (exact) mass is 293 g/mol. The minimum atomic E-state index is -0.826. The number of nitrogens with zero attached hydrogens (tertiary/aromatic N) is 1. The lowest BCUT2D eigenvalue weighted by molar-refractivity contribution is -0.0613. The fraction of sp³-hybridized carbons (Fsp3) is 0.647. The van der Waals surface area contributed by atoms with Gasteiger partial charge in [0.1, 0.15) is 5.82 Å². The Kier molecular flexibility index (Phi) is 3.93. The molecule has 1 aliphatic heterocycles. The summed E-state index contributed by atoms with van der Waals surface area (Å²) in [5.74, 6) is -0.0999. The number of rotatable bonds is 2. The lowest BCUT2D eigenvalue weighted by Gasteiger charge is -2.48.